The quantitative estimate of drug-likeness (QED) is 0.793. The van der Waals surface area contributed by atoms with Crippen LogP contribution in [0.15, 0.2) is 23.6 Å². The number of aromatic nitrogens is 1. The van der Waals surface area contributed by atoms with Crippen LogP contribution in [0.5, 0.6) is 11.5 Å². The molecule has 0 bridgehead atoms. The summed E-state index contributed by atoms with van der Waals surface area (Å²) in [4.78, 5) is 28.3. The molecule has 1 aromatic heterocycles. The molecule has 1 heterocycles. The monoisotopic (exact) mass is 364 g/mol. The van der Waals surface area contributed by atoms with E-state index in [-0.39, 0.29) is 5.69 Å². The van der Waals surface area contributed by atoms with Crippen LogP contribution in [0, 0.1) is 0 Å². The van der Waals surface area contributed by atoms with Gasteiger partial charge in [-0.25, -0.2) is 9.78 Å². The summed E-state index contributed by atoms with van der Waals surface area (Å²) in [6.07, 6.45) is 0. The molecule has 25 heavy (non-hydrogen) atoms. The van der Waals surface area contributed by atoms with Crippen molar-refractivity contribution in [3.63, 3.8) is 0 Å². The van der Waals surface area contributed by atoms with Gasteiger partial charge in [0.2, 0.25) is 0 Å². The third-order valence-electron chi connectivity index (χ3n) is 3.49. The summed E-state index contributed by atoms with van der Waals surface area (Å²) >= 11 is 1.32. The molecule has 0 unspecified atom stereocenters. The smallest absolute Gasteiger partial charge is 0.330 e. The molecule has 0 aliphatic rings. The van der Waals surface area contributed by atoms with Crippen molar-refractivity contribution >= 4 is 23.2 Å². The highest BCUT2D eigenvalue weighted by Crippen LogP contribution is 2.33. The summed E-state index contributed by atoms with van der Waals surface area (Å²) in [5.74, 6) is 0.211. The first-order valence-corrected chi connectivity index (χ1v) is 8.29. The van der Waals surface area contributed by atoms with Crippen molar-refractivity contribution in [2.75, 3.05) is 21.3 Å². The Balaban J connectivity index is 2.22. The van der Waals surface area contributed by atoms with Gasteiger partial charge in [0, 0.05) is 10.9 Å². The van der Waals surface area contributed by atoms with Crippen LogP contribution in [0.25, 0.3) is 10.6 Å². The normalized spacial score (nSPS) is 10.9. The van der Waals surface area contributed by atoms with Crippen LogP contribution in [-0.2, 0) is 9.53 Å². The number of rotatable bonds is 6. The topological polar surface area (TPSA) is 86.8 Å². The number of amides is 1. The fourth-order valence-electron chi connectivity index (χ4n) is 2.13. The molecule has 8 heteroatoms. The molecule has 1 amide bonds. The van der Waals surface area contributed by atoms with Crippen LogP contribution in [0.1, 0.15) is 24.3 Å². The Kier molecular flexibility index (Phi) is 5.63. The Morgan fingerprint density at radius 1 is 1.12 bits per heavy atom. The van der Waals surface area contributed by atoms with E-state index in [0.717, 1.165) is 5.56 Å². The van der Waals surface area contributed by atoms with E-state index in [1.54, 1.807) is 45.6 Å². The number of thiazole rings is 1. The van der Waals surface area contributed by atoms with E-state index >= 15 is 0 Å². The average Bonchev–Trinajstić information content (AvgIpc) is 3.10. The Hall–Kier alpha value is -2.61. The Morgan fingerprint density at radius 3 is 2.40 bits per heavy atom. The number of benzene rings is 1. The molecule has 0 aliphatic carbocycles. The van der Waals surface area contributed by atoms with Crippen molar-refractivity contribution in [3.05, 3.63) is 29.3 Å². The Bertz CT molecular complexity index is 785. The molecule has 7 nitrogen and oxygen atoms in total. The lowest BCUT2D eigenvalue weighted by molar-refractivity contribution is -0.146. The van der Waals surface area contributed by atoms with E-state index in [2.05, 4.69) is 15.0 Å². The maximum absolute atomic E-state index is 12.3. The standard InChI is InChI=1S/C17H20N2O5S/c1-17(2,16(21)24-5)19-14(20)11-9-25-15(18-11)10-6-7-12(22-3)13(8-10)23-4/h6-9H,1-5H3,(H,19,20). The van der Waals surface area contributed by atoms with Gasteiger partial charge in [-0.3, -0.25) is 4.79 Å². The summed E-state index contributed by atoms with van der Waals surface area (Å²) in [6.45, 7) is 3.14. The number of nitrogens with one attached hydrogen (secondary N) is 1. The highest BCUT2D eigenvalue weighted by molar-refractivity contribution is 7.13. The fourth-order valence-corrected chi connectivity index (χ4v) is 2.93. The molecule has 0 atom stereocenters. The maximum atomic E-state index is 12.3. The molecule has 0 fully saturated rings. The minimum Gasteiger partial charge on any atom is -0.493 e. The van der Waals surface area contributed by atoms with Crippen molar-refractivity contribution in [2.45, 2.75) is 19.4 Å². The molecule has 2 rings (SSSR count). The molecule has 0 saturated heterocycles. The SMILES string of the molecule is COC(=O)C(C)(C)NC(=O)c1csc(-c2ccc(OC)c(OC)c2)n1. The van der Waals surface area contributed by atoms with Crippen molar-refractivity contribution in [2.24, 2.45) is 0 Å². The van der Waals surface area contributed by atoms with E-state index < -0.39 is 17.4 Å². The minimum atomic E-state index is -1.14. The molecule has 134 valence electrons. The summed E-state index contributed by atoms with van der Waals surface area (Å²) in [5.41, 5.74) is -0.112. The zero-order valence-corrected chi connectivity index (χ0v) is 15.5. The van der Waals surface area contributed by atoms with Crippen LogP contribution in [0.2, 0.25) is 0 Å². The number of hydrogen-bond donors (Lipinski definition) is 1. The molecule has 0 radical (unpaired) electrons. The second-order valence-electron chi connectivity index (χ2n) is 5.68. The molecule has 2 aromatic rings. The van der Waals surface area contributed by atoms with E-state index in [1.807, 2.05) is 6.07 Å². The number of carbonyl (C=O) groups is 2. The Labute approximate surface area is 149 Å². The van der Waals surface area contributed by atoms with E-state index in [9.17, 15) is 9.59 Å². The van der Waals surface area contributed by atoms with Crippen LogP contribution in [-0.4, -0.2) is 43.7 Å². The lowest BCUT2D eigenvalue weighted by atomic mass is 10.1. The van der Waals surface area contributed by atoms with Gasteiger partial charge < -0.3 is 19.5 Å². The van der Waals surface area contributed by atoms with Gasteiger partial charge in [0.15, 0.2) is 11.5 Å². The largest absolute Gasteiger partial charge is 0.493 e. The third-order valence-corrected chi connectivity index (χ3v) is 4.38. The molecule has 0 spiro atoms. The average molecular weight is 364 g/mol. The predicted molar refractivity (Wildman–Crippen MR) is 94.2 cm³/mol. The van der Waals surface area contributed by atoms with Crippen LogP contribution >= 0.6 is 11.3 Å². The van der Waals surface area contributed by atoms with E-state index in [1.165, 1.54) is 18.4 Å². The number of esters is 1. The summed E-state index contributed by atoms with van der Waals surface area (Å²) in [6, 6.07) is 5.40. The number of hydrogen-bond acceptors (Lipinski definition) is 7. The van der Waals surface area contributed by atoms with Gasteiger partial charge in [-0.15, -0.1) is 11.3 Å². The molecular weight excluding hydrogens is 344 g/mol. The Morgan fingerprint density at radius 2 is 1.80 bits per heavy atom. The second kappa shape index (κ2) is 7.52. The van der Waals surface area contributed by atoms with Gasteiger partial charge in [-0.2, -0.15) is 0 Å². The zero-order chi connectivity index (χ0) is 18.6. The van der Waals surface area contributed by atoms with Gasteiger partial charge >= 0.3 is 5.97 Å². The van der Waals surface area contributed by atoms with Crippen molar-refractivity contribution in [1.29, 1.82) is 0 Å². The molecule has 0 aliphatic heterocycles. The molecular formula is C17H20N2O5S. The first kappa shape index (κ1) is 18.7. The first-order valence-electron chi connectivity index (χ1n) is 7.41. The molecule has 1 N–H and O–H groups in total. The van der Waals surface area contributed by atoms with Gasteiger partial charge in [0.25, 0.3) is 5.91 Å². The second-order valence-corrected chi connectivity index (χ2v) is 6.54. The van der Waals surface area contributed by atoms with Crippen LogP contribution in [0.4, 0.5) is 0 Å². The molecule has 0 saturated carbocycles. The number of methoxy groups -OCH3 is 3. The van der Waals surface area contributed by atoms with Crippen molar-refractivity contribution in [3.8, 4) is 22.1 Å². The third kappa shape index (κ3) is 4.08. The number of nitrogens with zero attached hydrogens (tertiary/aromatic N) is 1. The fraction of sp³-hybridized carbons (Fsp3) is 0.353. The maximum Gasteiger partial charge on any atom is 0.330 e. The molecule has 1 aromatic carbocycles. The highest BCUT2D eigenvalue weighted by Gasteiger charge is 2.31. The first-order chi connectivity index (χ1) is 11.8. The number of ether oxygens (including phenoxy) is 3. The van der Waals surface area contributed by atoms with Gasteiger partial charge in [0.1, 0.15) is 16.2 Å². The highest BCUT2D eigenvalue weighted by atomic mass is 32.1. The van der Waals surface area contributed by atoms with Gasteiger partial charge in [-0.1, -0.05) is 0 Å². The van der Waals surface area contributed by atoms with Crippen LogP contribution in [0.3, 0.4) is 0 Å². The van der Waals surface area contributed by atoms with E-state index in [0.29, 0.717) is 16.5 Å². The summed E-state index contributed by atoms with van der Waals surface area (Å²) in [5, 5.41) is 4.90. The van der Waals surface area contributed by atoms with Gasteiger partial charge in [0.05, 0.1) is 21.3 Å². The summed E-state index contributed by atoms with van der Waals surface area (Å²) < 4.78 is 15.2. The van der Waals surface area contributed by atoms with E-state index in [4.69, 9.17) is 9.47 Å². The van der Waals surface area contributed by atoms with Crippen LogP contribution < -0.4 is 14.8 Å². The lowest BCUT2D eigenvalue weighted by Gasteiger charge is -2.22. The zero-order valence-electron chi connectivity index (χ0n) is 14.7. The van der Waals surface area contributed by atoms with Crippen molar-refractivity contribution in [1.82, 2.24) is 10.3 Å². The van der Waals surface area contributed by atoms with Gasteiger partial charge in [-0.05, 0) is 32.0 Å². The predicted octanol–water partition coefficient (Wildman–Crippen LogP) is 2.51. The number of carbonyl (C=O) groups excluding carboxylic acids is 2. The minimum absolute atomic E-state index is 0.228. The lowest BCUT2D eigenvalue weighted by Crippen LogP contribution is -2.50. The van der Waals surface area contributed by atoms with Crippen molar-refractivity contribution < 1.29 is 23.8 Å². The summed E-state index contributed by atoms with van der Waals surface area (Å²) in [7, 11) is 4.39.